The van der Waals surface area contributed by atoms with Crippen molar-refractivity contribution in [1.82, 2.24) is 15.5 Å². The van der Waals surface area contributed by atoms with E-state index in [0.717, 1.165) is 35.7 Å². The van der Waals surface area contributed by atoms with Crippen LogP contribution in [0.15, 0.2) is 4.52 Å². The molecule has 2 heterocycles. The van der Waals surface area contributed by atoms with E-state index in [1.165, 1.54) is 32.1 Å². The molecule has 1 aliphatic carbocycles. The van der Waals surface area contributed by atoms with Crippen LogP contribution in [0.5, 0.6) is 0 Å². The van der Waals surface area contributed by atoms with Gasteiger partial charge in [0.15, 0.2) is 5.82 Å². The third-order valence-electron chi connectivity index (χ3n) is 3.59. The molecule has 2 aliphatic rings. The number of nitrogens with one attached hydrogen (secondary N) is 1. The minimum Gasteiger partial charge on any atom is -0.338 e. The van der Waals surface area contributed by atoms with Gasteiger partial charge in [-0.15, -0.1) is 0 Å². The lowest BCUT2D eigenvalue weighted by atomic mass is 10.2. The van der Waals surface area contributed by atoms with Crippen molar-refractivity contribution in [1.29, 1.82) is 0 Å². The molecule has 0 radical (unpaired) electrons. The fraction of sp³-hybridized carbons (Fsp3) is 0.833. The number of nitrogens with zero attached hydrogens (tertiary/aromatic N) is 2. The zero-order valence-electron chi connectivity index (χ0n) is 10.0. The molecule has 0 bridgehead atoms. The van der Waals surface area contributed by atoms with E-state index in [2.05, 4.69) is 15.5 Å². The second-order valence-corrected chi connectivity index (χ2v) is 6.20. The molecule has 1 N–H and O–H groups in total. The lowest BCUT2D eigenvalue weighted by Crippen LogP contribution is -2.13. The third-order valence-corrected chi connectivity index (χ3v) is 4.96. The van der Waals surface area contributed by atoms with Crippen LogP contribution < -0.4 is 5.32 Å². The molecular formula is C12H19N3OS. The smallest absolute Gasteiger partial charge is 0.243 e. The Morgan fingerprint density at radius 3 is 2.88 bits per heavy atom. The van der Waals surface area contributed by atoms with E-state index in [1.807, 2.05) is 11.8 Å². The van der Waals surface area contributed by atoms with E-state index in [-0.39, 0.29) is 0 Å². The summed E-state index contributed by atoms with van der Waals surface area (Å²) >= 11 is 1.99. The molecule has 94 valence electrons. The first-order valence-electron chi connectivity index (χ1n) is 6.59. The Morgan fingerprint density at radius 2 is 2.12 bits per heavy atom. The Morgan fingerprint density at radius 1 is 1.24 bits per heavy atom. The quantitative estimate of drug-likeness (QED) is 0.894. The monoisotopic (exact) mass is 253 g/mol. The van der Waals surface area contributed by atoms with Gasteiger partial charge in [-0.3, -0.25) is 0 Å². The lowest BCUT2D eigenvalue weighted by molar-refractivity contribution is 0.342. The highest BCUT2D eigenvalue weighted by atomic mass is 32.2. The zero-order chi connectivity index (χ0) is 11.5. The molecule has 1 atom stereocenters. The summed E-state index contributed by atoms with van der Waals surface area (Å²) in [4.78, 5) is 4.49. The van der Waals surface area contributed by atoms with Crippen molar-refractivity contribution in [3.8, 4) is 0 Å². The van der Waals surface area contributed by atoms with Gasteiger partial charge in [-0.2, -0.15) is 16.7 Å². The summed E-state index contributed by atoms with van der Waals surface area (Å²) in [6.07, 6.45) is 7.83. The van der Waals surface area contributed by atoms with Crippen molar-refractivity contribution in [3.05, 3.63) is 11.7 Å². The Bertz CT molecular complexity index is 356. The van der Waals surface area contributed by atoms with Gasteiger partial charge in [-0.25, -0.2) is 0 Å². The molecule has 0 aromatic carbocycles. The van der Waals surface area contributed by atoms with Gasteiger partial charge in [0.1, 0.15) is 0 Å². The standard InChI is InChI=1S/C12H19N3OS/c1-2-5-9(4-1)17-8-11-14-12(16-15-11)10-6-3-7-13-10/h9-10,13H,1-8H2. The van der Waals surface area contributed by atoms with Crippen LogP contribution in [0.25, 0.3) is 0 Å². The second-order valence-electron chi connectivity index (χ2n) is 4.92. The fourth-order valence-corrected chi connectivity index (χ4v) is 3.78. The number of rotatable bonds is 4. The highest BCUT2D eigenvalue weighted by molar-refractivity contribution is 7.99. The van der Waals surface area contributed by atoms with Gasteiger partial charge < -0.3 is 9.84 Å². The van der Waals surface area contributed by atoms with Crippen molar-refractivity contribution >= 4 is 11.8 Å². The molecule has 5 heteroatoms. The summed E-state index contributed by atoms with van der Waals surface area (Å²) in [5.41, 5.74) is 0. The lowest BCUT2D eigenvalue weighted by Gasteiger charge is -2.05. The Labute approximate surface area is 106 Å². The van der Waals surface area contributed by atoms with Crippen molar-refractivity contribution in [3.63, 3.8) is 0 Å². The molecule has 1 saturated carbocycles. The second kappa shape index (κ2) is 5.40. The third kappa shape index (κ3) is 2.83. The first kappa shape index (κ1) is 11.5. The molecule has 1 unspecified atom stereocenters. The van der Waals surface area contributed by atoms with Crippen LogP contribution in [0.4, 0.5) is 0 Å². The largest absolute Gasteiger partial charge is 0.338 e. The molecule has 1 aromatic rings. The van der Waals surface area contributed by atoms with Crippen molar-refractivity contribution < 1.29 is 4.52 Å². The first-order chi connectivity index (χ1) is 8.42. The van der Waals surface area contributed by atoms with Crippen molar-refractivity contribution in [2.75, 3.05) is 6.54 Å². The number of aromatic nitrogens is 2. The summed E-state index contributed by atoms with van der Waals surface area (Å²) in [6.45, 7) is 1.07. The summed E-state index contributed by atoms with van der Waals surface area (Å²) < 4.78 is 5.33. The fourth-order valence-electron chi connectivity index (χ4n) is 2.61. The van der Waals surface area contributed by atoms with E-state index in [9.17, 15) is 0 Å². The normalized spacial score (nSPS) is 25.8. The van der Waals surface area contributed by atoms with Gasteiger partial charge in [0.25, 0.3) is 0 Å². The first-order valence-corrected chi connectivity index (χ1v) is 7.64. The predicted molar refractivity (Wildman–Crippen MR) is 67.8 cm³/mol. The van der Waals surface area contributed by atoms with Crippen molar-refractivity contribution in [2.45, 2.75) is 55.6 Å². The summed E-state index contributed by atoms with van der Waals surface area (Å²) in [5.74, 6) is 2.55. The van der Waals surface area contributed by atoms with Gasteiger partial charge in [0, 0.05) is 5.25 Å². The number of hydrogen-bond donors (Lipinski definition) is 1. The van der Waals surface area contributed by atoms with Crippen LogP contribution in [0.1, 0.15) is 56.3 Å². The highest BCUT2D eigenvalue weighted by Crippen LogP contribution is 2.31. The molecule has 3 rings (SSSR count). The van der Waals surface area contributed by atoms with Gasteiger partial charge in [-0.1, -0.05) is 18.0 Å². The minimum absolute atomic E-state index is 0.299. The molecule has 1 aliphatic heterocycles. The van der Waals surface area contributed by atoms with Gasteiger partial charge >= 0.3 is 0 Å². The van der Waals surface area contributed by atoms with Gasteiger partial charge in [0.2, 0.25) is 5.89 Å². The Hall–Kier alpha value is -0.550. The topological polar surface area (TPSA) is 51.0 Å². The summed E-state index contributed by atoms with van der Waals surface area (Å²) in [7, 11) is 0. The van der Waals surface area contributed by atoms with Crippen LogP contribution in [0.2, 0.25) is 0 Å². The van der Waals surface area contributed by atoms with E-state index in [4.69, 9.17) is 4.52 Å². The van der Waals surface area contributed by atoms with Crippen LogP contribution in [-0.4, -0.2) is 21.9 Å². The van der Waals surface area contributed by atoms with Crippen LogP contribution in [-0.2, 0) is 5.75 Å². The van der Waals surface area contributed by atoms with Gasteiger partial charge in [-0.05, 0) is 32.2 Å². The van der Waals surface area contributed by atoms with Crippen LogP contribution >= 0.6 is 11.8 Å². The molecule has 2 fully saturated rings. The maximum absolute atomic E-state index is 5.33. The van der Waals surface area contributed by atoms with E-state index < -0.39 is 0 Å². The predicted octanol–water partition coefficient (Wildman–Crippen LogP) is 2.67. The number of hydrogen-bond acceptors (Lipinski definition) is 5. The van der Waals surface area contributed by atoms with E-state index >= 15 is 0 Å². The van der Waals surface area contributed by atoms with Gasteiger partial charge in [0.05, 0.1) is 11.8 Å². The van der Waals surface area contributed by atoms with Crippen LogP contribution in [0.3, 0.4) is 0 Å². The molecule has 4 nitrogen and oxygen atoms in total. The highest BCUT2D eigenvalue weighted by Gasteiger charge is 2.23. The molecular weight excluding hydrogens is 234 g/mol. The SMILES string of the molecule is C1CCC(SCc2noc(C3CCCN3)n2)C1. The molecule has 1 aromatic heterocycles. The maximum Gasteiger partial charge on any atom is 0.243 e. The van der Waals surface area contributed by atoms with Crippen LogP contribution in [0, 0.1) is 0 Å². The zero-order valence-corrected chi connectivity index (χ0v) is 10.8. The Balaban J connectivity index is 1.52. The Kier molecular flexibility index (Phi) is 3.66. The minimum atomic E-state index is 0.299. The molecule has 17 heavy (non-hydrogen) atoms. The molecule has 0 amide bonds. The van der Waals surface area contributed by atoms with E-state index in [0.29, 0.717) is 6.04 Å². The summed E-state index contributed by atoms with van der Waals surface area (Å²) in [6, 6.07) is 0.299. The maximum atomic E-state index is 5.33. The molecule has 1 saturated heterocycles. The van der Waals surface area contributed by atoms with E-state index in [1.54, 1.807) is 0 Å². The van der Waals surface area contributed by atoms with Crippen molar-refractivity contribution in [2.24, 2.45) is 0 Å². The molecule has 0 spiro atoms. The number of thioether (sulfide) groups is 1. The average molecular weight is 253 g/mol. The summed E-state index contributed by atoms with van der Waals surface area (Å²) in [5, 5.41) is 8.28. The average Bonchev–Trinajstić information content (AvgIpc) is 3.09.